The summed E-state index contributed by atoms with van der Waals surface area (Å²) in [6, 6.07) is 6.79. The predicted molar refractivity (Wildman–Crippen MR) is 55.8 cm³/mol. The molecular formula is C10H14N2O2. The van der Waals surface area contributed by atoms with E-state index in [-0.39, 0.29) is 0 Å². The van der Waals surface area contributed by atoms with Crippen LogP contribution in [0.5, 0.6) is 0 Å². The lowest BCUT2D eigenvalue weighted by molar-refractivity contribution is -0.130. The minimum Gasteiger partial charge on any atom is -0.399 e. The molecule has 4 nitrogen and oxygen atoms in total. The summed E-state index contributed by atoms with van der Waals surface area (Å²) in [5.41, 5.74) is 5.29. The van der Waals surface area contributed by atoms with Crippen molar-refractivity contribution in [1.82, 2.24) is 0 Å². The molecule has 0 aliphatic carbocycles. The number of anilines is 2. The van der Waals surface area contributed by atoms with Crippen molar-refractivity contribution >= 4 is 17.3 Å². The van der Waals surface area contributed by atoms with Gasteiger partial charge in [0, 0.05) is 11.4 Å². The minimum absolute atomic E-state index is 0.455. The molecule has 1 aromatic rings. The number of nitrogens with one attached hydrogen (secondary N) is 1. The smallest absolute Gasteiger partial charge is 0.255 e. The molecule has 0 radical (unpaired) electrons. The third kappa shape index (κ3) is 2.74. The highest BCUT2D eigenvalue weighted by atomic mass is 16.3. The number of nitrogens with two attached hydrogens (primary N) is 1. The van der Waals surface area contributed by atoms with Crippen LogP contribution in [0.1, 0.15) is 13.8 Å². The largest absolute Gasteiger partial charge is 0.399 e. The highest BCUT2D eigenvalue weighted by Crippen LogP contribution is 2.13. The first-order valence-corrected chi connectivity index (χ1v) is 4.29. The quantitative estimate of drug-likeness (QED) is 0.614. The highest BCUT2D eigenvalue weighted by Gasteiger charge is 2.23. The van der Waals surface area contributed by atoms with Crippen LogP contribution in [0.2, 0.25) is 0 Å². The zero-order chi connectivity index (χ0) is 10.8. The van der Waals surface area contributed by atoms with Gasteiger partial charge in [0.25, 0.3) is 5.91 Å². The molecule has 0 aromatic heterocycles. The first kappa shape index (κ1) is 10.5. The molecule has 0 bridgehead atoms. The van der Waals surface area contributed by atoms with Gasteiger partial charge in [-0.3, -0.25) is 4.79 Å². The Morgan fingerprint density at radius 1 is 1.50 bits per heavy atom. The van der Waals surface area contributed by atoms with Crippen molar-refractivity contribution < 1.29 is 9.90 Å². The number of benzene rings is 1. The van der Waals surface area contributed by atoms with E-state index in [0.29, 0.717) is 11.4 Å². The maximum Gasteiger partial charge on any atom is 0.255 e. The van der Waals surface area contributed by atoms with Gasteiger partial charge < -0.3 is 16.2 Å². The normalized spacial score (nSPS) is 11.1. The van der Waals surface area contributed by atoms with E-state index in [1.807, 2.05) is 0 Å². The molecule has 0 aliphatic rings. The number of hydrogen-bond donors (Lipinski definition) is 3. The topological polar surface area (TPSA) is 75.3 Å². The average molecular weight is 194 g/mol. The van der Waals surface area contributed by atoms with Crippen LogP contribution in [0.4, 0.5) is 11.4 Å². The van der Waals surface area contributed by atoms with E-state index in [1.165, 1.54) is 13.8 Å². The molecule has 14 heavy (non-hydrogen) atoms. The SMILES string of the molecule is CC(C)(O)C(=O)Nc1cccc(N)c1. The van der Waals surface area contributed by atoms with Crippen molar-refractivity contribution in [3.63, 3.8) is 0 Å². The molecule has 0 saturated heterocycles. The fourth-order valence-corrected chi connectivity index (χ4v) is 0.900. The van der Waals surface area contributed by atoms with E-state index in [0.717, 1.165) is 0 Å². The highest BCUT2D eigenvalue weighted by molar-refractivity contribution is 5.96. The Balaban J connectivity index is 2.75. The van der Waals surface area contributed by atoms with Gasteiger partial charge in [0.05, 0.1) is 0 Å². The van der Waals surface area contributed by atoms with Gasteiger partial charge in [0.15, 0.2) is 0 Å². The summed E-state index contributed by atoms with van der Waals surface area (Å²) < 4.78 is 0. The third-order valence-electron chi connectivity index (χ3n) is 1.70. The first-order chi connectivity index (χ1) is 6.39. The molecule has 1 aromatic carbocycles. The van der Waals surface area contributed by atoms with E-state index in [9.17, 15) is 9.90 Å². The molecule has 4 heteroatoms. The molecule has 76 valence electrons. The van der Waals surface area contributed by atoms with Gasteiger partial charge in [-0.2, -0.15) is 0 Å². The number of amides is 1. The second kappa shape index (κ2) is 3.67. The fraction of sp³-hybridized carbons (Fsp3) is 0.300. The Labute approximate surface area is 82.7 Å². The predicted octanol–water partition coefficient (Wildman–Crippen LogP) is 0.978. The lowest BCUT2D eigenvalue weighted by Gasteiger charge is -2.16. The molecule has 0 aliphatic heterocycles. The van der Waals surface area contributed by atoms with E-state index in [4.69, 9.17) is 5.73 Å². The Morgan fingerprint density at radius 2 is 2.14 bits per heavy atom. The Bertz CT molecular complexity index is 342. The van der Waals surface area contributed by atoms with Crippen LogP contribution in [-0.2, 0) is 4.79 Å². The molecule has 0 spiro atoms. The van der Waals surface area contributed by atoms with E-state index in [1.54, 1.807) is 24.3 Å². The summed E-state index contributed by atoms with van der Waals surface area (Å²) in [4.78, 5) is 11.3. The van der Waals surface area contributed by atoms with Crippen LogP contribution >= 0.6 is 0 Å². The lowest BCUT2D eigenvalue weighted by atomic mass is 10.1. The number of aliphatic hydroxyl groups is 1. The van der Waals surface area contributed by atoms with Crippen LogP contribution in [-0.4, -0.2) is 16.6 Å². The fourth-order valence-electron chi connectivity index (χ4n) is 0.900. The van der Waals surface area contributed by atoms with Crippen molar-refractivity contribution in [2.75, 3.05) is 11.1 Å². The second-order valence-electron chi connectivity index (χ2n) is 3.64. The van der Waals surface area contributed by atoms with Gasteiger partial charge in [-0.25, -0.2) is 0 Å². The zero-order valence-electron chi connectivity index (χ0n) is 8.24. The number of carbonyl (C=O) groups excluding carboxylic acids is 1. The maximum atomic E-state index is 11.3. The van der Waals surface area contributed by atoms with Crippen LogP contribution in [0.15, 0.2) is 24.3 Å². The summed E-state index contributed by atoms with van der Waals surface area (Å²) in [6.45, 7) is 2.85. The number of carbonyl (C=O) groups is 1. The van der Waals surface area contributed by atoms with E-state index >= 15 is 0 Å². The van der Waals surface area contributed by atoms with Crippen molar-refractivity contribution in [2.24, 2.45) is 0 Å². The molecule has 0 atom stereocenters. The first-order valence-electron chi connectivity index (χ1n) is 4.29. The number of nitrogen functional groups attached to an aromatic ring is 1. The van der Waals surface area contributed by atoms with E-state index < -0.39 is 11.5 Å². The van der Waals surface area contributed by atoms with Crippen LogP contribution in [0, 0.1) is 0 Å². The lowest BCUT2D eigenvalue weighted by Crippen LogP contribution is -2.36. The van der Waals surface area contributed by atoms with Gasteiger partial charge in [-0.1, -0.05) is 6.07 Å². The van der Waals surface area contributed by atoms with Crippen molar-refractivity contribution in [1.29, 1.82) is 0 Å². The summed E-state index contributed by atoms with van der Waals surface area (Å²) in [5.74, 6) is -0.455. The molecule has 0 fully saturated rings. The summed E-state index contributed by atoms with van der Waals surface area (Å²) in [6.07, 6.45) is 0. The summed E-state index contributed by atoms with van der Waals surface area (Å²) in [7, 11) is 0. The minimum atomic E-state index is -1.38. The number of hydrogen-bond acceptors (Lipinski definition) is 3. The Morgan fingerprint density at radius 3 is 2.64 bits per heavy atom. The monoisotopic (exact) mass is 194 g/mol. The van der Waals surface area contributed by atoms with Crippen LogP contribution in [0.25, 0.3) is 0 Å². The second-order valence-corrected chi connectivity index (χ2v) is 3.64. The molecule has 0 saturated carbocycles. The third-order valence-corrected chi connectivity index (χ3v) is 1.70. The molecule has 0 unspecified atom stereocenters. The molecule has 0 heterocycles. The van der Waals surface area contributed by atoms with Gasteiger partial charge in [0.2, 0.25) is 0 Å². The van der Waals surface area contributed by atoms with Gasteiger partial charge in [-0.05, 0) is 32.0 Å². The van der Waals surface area contributed by atoms with Crippen LogP contribution < -0.4 is 11.1 Å². The Hall–Kier alpha value is -1.55. The van der Waals surface area contributed by atoms with Crippen LogP contribution in [0.3, 0.4) is 0 Å². The zero-order valence-corrected chi connectivity index (χ0v) is 8.24. The van der Waals surface area contributed by atoms with Gasteiger partial charge in [0.1, 0.15) is 5.60 Å². The van der Waals surface area contributed by atoms with Crippen molar-refractivity contribution in [2.45, 2.75) is 19.4 Å². The molecule has 1 amide bonds. The maximum absolute atomic E-state index is 11.3. The van der Waals surface area contributed by atoms with Crippen molar-refractivity contribution in [3.8, 4) is 0 Å². The molecule has 4 N–H and O–H groups in total. The summed E-state index contributed by atoms with van der Waals surface area (Å²) >= 11 is 0. The molecular weight excluding hydrogens is 180 g/mol. The standard InChI is InChI=1S/C10H14N2O2/c1-10(2,14)9(13)12-8-5-3-4-7(11)6-8/h3-6,14H,11H2,1-2H3,(H,12,13). The average Bonchev–Trinajstić information content (AvgIpc) is 2.02. The van der Waals surface area contributed by atoms with Crippen molar-refractivity contribution in [3.05, 3.63) is 24.3 Å². The van der Waals surface area contributed by atoms with E-state index in [2.05, 4.69) is 5.32 Å². The summed E-state index contributed by atoms with van der Waals surface area (Å²) in [5, 5.41) is 11.9. The molecule has 1 rings (SSSR count). The van der Waals surface area contributed by atoms with Gasteiger partial charge >= 0.3 is 0 Å². The van der Waals surface area contributed by atoms with Gasteiger partial charge in [-0.15, -0.1) is 0 Å². The Kier molecular flexibility index (Phi) is 2.76. The number of rotatable bonds is 2.